The Bertz CT molecular complexity index is 643. The molecule has 23 heavy (non-hydrogen) atoms. The van der Waals surface area contributed by atoms with Crippen molar-refractivity contribution in [1.82, 2.24) is 4.98 Å². The van der Waals surface area contributed by atoms with Gasteiger partial charge in [-0.25, -0.2) is 0 Å². The molecule has 3 rings (SSSR count). The molecule has 0 saturated carbocycles. The molecule has 1 saturated heterocycles. The number of amides is 1. The van der Waals surface area contributed by atoms with Crippen LogP contribution in [0.15, 0.2) is 48.8 Å². The summed E-state index contributed by atoms with van der Waals surface area (Å²) in [5.74, 6) is -0.127. The van der Waals surface area contributed by atoms with Gasteiger partial charge >= 0.3 is 0 Å². The van der Waals surface area contributed by atoms with E-state index in [-0.39, 0.29) is 5.91 Å². The highest BCUT2D eigenvalue weighted by Crippen LogP contribution is 2.23. The molecule has 0 radical (unpaired) electrons. The molecular formula is C18H21N3O2. The maximum Gasteiger partial charge on any atom is 0.255 e. The molecule has 5 nitrogen and oxygen atoms in total. The summed E-state index contributed by atoms with van der Waals surface area (Å²) < 4.78 is 5.46. The van der Waals surface area contributed by atoms with E-state index in [1.807, 2.05) is 24.3 Å². The summed E-state index contributed by atoms with van der Waals surface area (Å²) in [5, 5.41) is 2.90. The number of pyridine rings is 1. The van der Waals surface area contributed by atoms with Gasteiger partial charge < -0.3 is 15.0 Å². The zero-order valence-corrected chi connectivity index (χ0v) is 13.2. The van der Waals surface area contributed by atoms with Crippen LogP contribution in [0.5, 0.6) is 0 Å². The summed E-state index contributed by atoms with van der Waals surface area (Å²) >= 11 is 0. The Morgan fingerprint density at radius 1 is 1.22 bits per heavy atom. The van der Waals surface area contributed by atoms with Crippen LogP contribution in [0, 0.1) is 0 Å². The molecule has 1 fully saturated rings. The molecule has 1 aliphatic rings. The van der Waals surface area contributed by atoms with Gasteiger partial charge in [0.1, 0.15) is 0 Å². The average Bonchev–Trinajstić information content (AvgIpc) is 2.63. The fourth-order valence-electron chi connectivity index (χ4n) is 2.83. The van der Waals surface area contributed by atoms with Gasteiger partial charge in [0.15, 0.2) is 0 Å². The fourth-order valence-corrected chi connectivity index (χ4v) is 2.83. The SMILES string of the molecule is CO[C@H]1CCCN(c2ccc(NC(=O)c3ccncc3)cc2)C1. The Balaban J connectivity index is 1.64. The van der Waals surface area contributed by atoms with E-state index in [4.69, 9.17) is 4.74 Å². The summed E-state index contributed by atoms with van der Waals surface area (Å²) in [6.07, 6.45) is 5.78. The predicted molar refractivity (Wildman–Crippen MR) is 90.9 cm³/mol. The van der Waals surface area contributed by atoms with Crippen LogP contribution in [0.2, 0.25) is 0 Å². The number of piperidine rings is 1. The van der Waals surface area contributed by atoms with Gasteiger partial charge in [-0.05, 0) is 49.2 Å². The van der Waals surface area contributed by atoms with E-state index in [0.29, 0.717) is 11.7 Å². The highest BCUT2D eigenvalue weighted by Gasteiger charge is 2.19. The van der Waals surface area contributed by atoms with Crippen molar-refractivity contribution in [3.05, 3.63) is 54.4 Å². The van der Waals surface area contributed by atoms with Crippen LogP contribution in [0.1, 0.15) is 23.2 Å². The van der Waals surface area contributed by atoms with Crippen molar-refractivity contribution in [3.63, 3.8) is 0 Å². The van der Waals surface area contributed by atoms with E-state index in [1.54, 1.807) is 31.6 Å². The van der Waals surface area contributed by atoms with Crippen molar-refractivity contribution >= 4 is 17.3 Å². The van der Waals surface area contributed by atoms with Crippen molar-refractivity contribution in [1.29, 1.82) is 0 Å². The second-order valence-electron chi connectivity index (χ2n) is 5.68. The number of carbonyl (C=O) groups excluding carboxylic acids is 1. The molecule has 5 heteroatoms. The van der Waals surface area contributed by atoms with E-state index in [2.05, 4.69) is 15.2 Å². The van der Waals surface area contributed by atoms with Crippen LogP contribution in [-0.2, 0) is 4.74 Å². The van der Waals surface area contributed by atoms with E-state index in [1.165, 1.54) is 0 Å². The molecule has 1 aliphatic heterocycles. The smallest absolute Gasteiger partial charge is 0.255 e. The molecule has 0 bridgehead atoms. The van der Waals surface area contributed by atoms with Gasteiger partial charge in [0.05, 0.1) is 6.10 Å². The van der Waals surface area contributed by atoms with Gasteiger partial charge in [-0.1, -0.05) is 0 Å². The van der Waals surface area contributed by atoms with Gasteiger partial charge in [-0.2, -0.15) is 0 Å². The second-order valence-corrected chi connectivity index (χ2v) is 5.68. The van der Waals surface area contributed by atoms with Gasteiger partial charge in [-0.15, -0.1) is 0 Å². The summed E-state index contributed by atoms with van der Waals surface area (Å²) in [4.78, 5) is 18.4. The van der Waals surface area contributed by atoms with Crippen LogP contribution in [0.4, 0.5) is 11.4 Å². The highest BCUT2D eigenvalue weighted by atomic mass is 16.5. The minimum Gasteiger partial charge on any atom is -0.380 e. The lowest BCUT2D eigenvalue weighted by molar-refractivity contribution is 0.0893. The van der Waals surface area contributed by atoms with E-state index >= 15 is 0 Å². The lowest BCUT2D eigenvalue weighted by atomic mass is 10.1. The summed E-state index contributed by atoms with van der Waals surface area (Å²) in [6, 6.07) is 11.3. The molecule has 1 aromatic carbocycles. The first-order chi connectivity index (χ1) is 11.3. The zero-order chi connectivity index (χ0) is 16.1. The van der Waals surface area contributed by atoms with Crippen LogP contribution in [-0.4, -0.2) is 37.2 Å². The van der Waals surface area contributed by atoms with Gasteiger partial charge in [-0.3, -0.25) is 9.78 Å². The number of hydrogen-bond donors (Lipinski definition) is 1. The first kappa shape index (κ1) is 15.5. The van der Waals surface area contributed by atoms with E-state index in [0.717, 1.165) is 37.3 Å². The summed E-state index contributed by atoms with van der Waals surface area (Å²) in [6.45, 7) is 1.96. The Morgan fingerprint density at radius 2 is 1.96 bits per heavy atom. The maximum atomic E-state index is 12.1. The molecule has 1 N–H and O–H groups in total. The van der Waals surface area contributed by atoms with Crippen LogP contribution in [0.25, 0.3) is 0 Å². The predicted octanol–water partition coefficient (Wildman–Crippen LogP) is 2.95. The maximum absolute atomic E-state index is 12.1. The Hall–Kier alpha value is -2.40. The number of rotatable bonds is 4. The number of hydrogen-bond acceptors (Lipinski definition) is 4. The van der Waals surface area contributed by atoms with Crippen LogP contribution >= 0.6 is 0 Å². The van der Waals surface area contributed by atoms with Crippen molar-refractivity contribution in [2.24, 2.45) is 0 Å². The quantitative estimate of drug-likeness (QED) is 0.943. The third-order valence-corrected chi connectivity index (χ3v) is 4.14. The lowest BCUT2D eigenvalue weighted by Crippen LogP contribution is -2.39. The number of nitrogens with zero attached hydrogens (tertiary/aromatic N) is 2. The third-order valence-electron chi connectivity index (χ3n) is 4.14. The molecule has 2 heterocycles. The molecule has 120 valence electrons. The first-order valence-electron chi connectivity index (χ1n) is 7.85. The van der Waals surface area contributed by atoms with E-state index in [9.17, 15) is 4.79 Å². The van der Waals surface area contributed by atoms with Crippen molar-refractivity contribution in [2.75, 3.05) is 30.4 Å². The van der Waals surface area contributed by atoms with Crippen molar-refractivity contribution in [2.45, 2.75) is 18.9 Å². The van der Waals surface area contributed by atoms with Gasteiger partial charge in [0, 0.05) is 49.5 Å². The van der Waals surface area contributed by atoms with Crippen LogP contribution < -0.4 is 10.2 Å². The third kappa shape index (κ3) is 3.87. The minimum absolute atomic E-state index is 0.127. The van der Waals surface area contributed by atoms with Crippen molar-refractivity contribution in [3.8, 4) is 0 Å². The van der Waals surface area contributed by atoms with Gasteiger partial charge in [0.25, 0.3) is 5.91 Å². The number of aromatic nitrogens is 1. The number of benzene rings is 1. The zero-order valence-electron chi connectivity index (χ0n) is 13.2. The number of carbonyl (C=O) groups is 1. The fraction of sp³-hybridized carbons (Fsp3) is 0.333. The first-order valence-corrected chi connectivity index (χ1v) is 7.85. The molecule has 1 amide bonds. The number of nitrogens with one attached hydrogen (secondary N) is 1. The number of methoxy groups -OCH3 is 1. The Kier molecular flexibility index (Phi) is 4.88. The monoisotopic (exact) mass is 311 g/mol. The molecule has 0 spiro atoms. The lowest BCUT2D eigenvalue weighted by Gasteiger charge is -2.33. The molecule has 0 unspecified atom stereocenters. The normalized spacial score (nSPS) is 17.8. The second kappa shape index (κ2) is 7.24. The molecule has 1 aromatic heterocycles. The molecule has 2 aromatic rings. The summed E-state index contributed by atoms with van der Waals surface area (Å²) in [5.41, 5.74) is 2.55. The average molecular weight is 311 g/mol. The van der Waals surface area contributed by atoms with Gasteiger partial charge in [0.2, 0.25) is 0 Å². The Labute approximate surface area is 136 Å². The number of ether oxygens (including phenoxy) is 1. The molecule has 1 atom stereocenters. The Morgan fingerprint density at radius 3 is 2.65 bits per heavy atom. The largest absolute Gasteiger partial charge is 0.380 e. The standard InChI is InChI=1S/C18H21N3O2/c1-23-17-3-2-12-21(13-17)16-6-4-15(5-7-16)20-18(22)14-8-10-19-11-9-14/h4-11,17H,2-3,12-13H2,1H3,(H,20,22)/t17-/m0/s1. The van der Waals surface area contributed by atoms with Crippen molar-refractivity contribution < 1.29 is 9.53 Å². The topological polar surface area (TPSA) is 54.5 Å². The van der Waals surface area contributed by atoms with E-state index < -0.39 is 0 Å². The number of anilines is 2. The highest BCUT2D eigenvalue weighted by molar-refractivity contribution is 6.04. The molecular weight excluding hydrogens is 290 g/mol. The minimum atomic E-state index is -0.127. The molecule has 0 aliphatic carbocycles. The van der Waals surface area contributed by atoms with Crippen LogP contribution in [0.3, 0.4) is 0 Å². The summed E-state index contributed by atoms with van der Waals surface area (Å²) in [7, 11) is 1.77.